The number of aliphatic hydroxyl groups is 4. The van der Waals surface area contributed by atoms with Crippen molar-refractivity contribution in [3.63, 3.8) is 0 Å². The molecule has 18 atom stereocenters. The number of rotatable bonds is 9. The number of nitrogens with zero attached hydrogens (tertiary/aromatic N) is 2. The lowest BCUT2D eigenvalue weighted by atomic mass is 9.78. The first-order valence-corrected chi connectivity index (χ1v) is 20.7. The molecule has 4 heterocycles. The molecule has 0 aromatic rings. The lowest BCUT2D eigenvalue weighted by Gasteiger charge is -2.49. The fourth-order valence-corrected chi connectivity index (χ4v) is 9.80. The van der Waals surface area contributed by atoms with Gasteiger partial charge < -0.3 is 63.4 Å². The van der Waals surface area contributed by atoms with Gasteiger partial charge in [0.05, 0.1) is 48.6 Å². The number of carbonyl (C=O) groups excluding carboxylic acids is 1. The molecule has 14 nitrogen and oxygen atoms in total. The van der Waals surface area contributed by atoms with E-state index in [-0.39, 0.29) is 31.0 Å². The van der Waals surface area contributed by atoms with Crippen LogP contribution in [0.2, 0.25) is 0 Å². The number of likely N-dealkylation sites (N-methyl/N-ethyl adjacent to an activating group) is 1. The molecule has 1 spiro atoms. The van der Waals surface area contributed by atoms with Crippen molar-refractivity contribution in [3.8, 4) is 0 Å². The van der Waals surface area contributed by atoms with E-state index in [1.54, 1.807) is 21.0 Å². The van der Waals surface area contributed by atoms with E-state index in [1.807, 2.05) is 67.5 Å². The first-order chi connectivity index (χ1) is 25.5. The van der Waals surface area contributed by atoms with E-state index in [9.17, 15) is 25.2 Å². The fraction of sp³-hybridized carbons (Fsp3) is 0.976. The summed E-state index contributed by atoms with van der Waals surface area (Å²) in [6.07, 6.45) is -5.65. The molecule has 55 heavy (non-hydrogen) atoms. The Kier molecular flexibility index (Phi) is 15.3. The average Bonchev–Trinajstić information content (AvgIpc) is 3.93. The monoisotopic (exact) mass is 789 g/mol. The lowest BCUT2D eigenvalue weighted by molar-refractivity contribution is -0.315. The molecule has 4 aliphatic rings. The summed E-state index contributed by atoms with van der Waals surface area (Å²) < 4.78 is 44.5. The van der Waals surface area contributed by atoms with Crippen molar-refractivity contribution >= 4 is 5.97 Å². The minimum absolute atomic E-state index is 0.208. The molecule has 4 rings (SSSR count). The molecule has 4 saturated heterocycles. The summed E-state index contributed by atoms with van der Waals surface area (Å²) in [4.78, 5) is 18.5. The average molecular weight is 789 g/mol. The van der Waals surface area contributed by atoms with E-state index in [4.69, 9.17) is 33.2 Å². The molecular formula is C41H76N2O12. The number of aliphatic hydroxyl groups excluding tert-OH is 2. The van der Waals surface area contributed by atoms with E-state index in [0.717, 1.165) is 6.42 Å². The maximum Gasteiger partial charge on any atom is 0.311 e. The van der Waals surface area contributed by atoms with Crippen molar-refractivity contribution in [2.45, 2.75) is 198 Å². The Morgan fingerprint density at radius 1 is 0.964 bits per heavy atom. The predicted molar refractivity (Wildman–Crippen MR) is 206 cm³/mol. The third-order valence-corrected chi connectivity index (χ3v) is 13.5. The quantitative estimate of drug-likeness (QED) is 0.199. The van der Waals surface area contributed by atoms with Crippen molar-refractivity contribution in [1.82, 2.24) is 9.80 Å². The van der Waals surface area contributed by atoms with Crippen LogP contribution in [0.15, 0.2) is 0 Å². The predicted octanol–water partition coefficient (Wildman–Crippen LogP) is 3.09. The maximum atomic E-state index is 14.4. The van der Waals surface area contributed by atoms with Gasteiger partial charge in [-0.1, -0.05) is 27.7 Å². The van der Waals surface area contributed by atoms with Crippen molar-refractivity contribution in [1.29, 1.82) is 0 Å². The van der Waals surface area contributed by atoms with Gasteiger partial charge in [0.25, 0.3) is 0 Å². The highest BCUT2D eigenvalue weighted by molar-refractivity contribution is 5.73. The molecule has 0 saturated carbocycles. The van der Waals surface area contributed by atoms with Crippen molar-refractivity contribution in [2.24, 2.45) is 17.8 Å². The second-order valence-corrected chi connectivity index (χ2v) is 18.3. The highest BCUT2D eigenvalue weighted by Crippen LogP contribution is 2.51. The van der Waals surface area contributed by atoms with Gasteiger partial charge in [-0.25, -0.2) is 0 Å². The SMILES string of the molecule is CCCN1C[C@@H](C)[C@@H](O)[C@](C)(O)[C@@H](CC)OC(=O)C(C)[C@H](OC2C[C@@](C)(OC)[C@@]3(CO3)[C@H](C)O2)[C@H](C)[C@@H](O[C@@H]2O[C@H](C)C[C@H](N(C)C)[C@H]2O)[C@](C)(O)C[C@H]1C. The normalized spacial score (nSPS) is 49.7. The smallest absolute Gasteiger partial charge is 0.311 e. The number of ether oxygens (including phenoxy) is 7. The summed E-state index contributed by atoms with van der Waals surface area (Å²) in [6.45, 7) is 22.0. The zero-order chi connectivity index (χ0) is 41.4. The highest BCUT2D eigenvalue weighted by atomic mass is 16.7. The molecule has 0 aliphatic carbocycles. The molecule has 14 heteroatoms. The van der Waals surface area contributed by atoms with Gasteiger partial charge in [0.15, 0.2) is 12.6 Å². The van der Waals surface area contributed by atoms with Crippen LogP contribution < -0.4 is 0 Å². The first kappa shape index (κ1) is 46.7. The van der Waals surface area contributed by atoms with Gasteiger partial charge in [0.1, 0.15) is 29.0 Å². The first-order valence-electron chi connectivity index (χ1n) is 20.7. The summed E-state index contributed by atoms with van der Waals surface area (Å²) in [6, 6.07) is -0.469. The van der Waals surface area contributed by atoms with Gasteiger partial charge in [0, 0.05) is 38.1 Å². The van der Waals surface area contributed by atoms with E-state index < -0.39 is 95.3 Å². The molecule has 2 unspecified atom stereocenters. The summed E-state index contributed by atoms with van der Waals surface area (Å²) >= 11 is 0. The molecule has 0 aromatic carbocycles. The number of hydrogen-bond donors (Lipinski definition) is 4. The molecule has 4 fully saturated rings. The van der Waals surface area contributed by atoms with Crippen molar-refractivity contribution in [3.05, 3.63) is 0 Å². The third kappa shape index (κ3) is 9.73. The van der Waals surface area contributed by atoms with E-state index in [1.165, 1.54) is 6.92 Å². The standard InChI is InChI=1S/C41H76N2O12/c1-15-17-43-21-23(3)34(45)40(11,48)30(16-2)53-36(46)27(7)33(54-31-20-39(10,49-14)41(22-50-41)28(8)52-31)26(6)35(38(9,47)19-24(43)4)55-37-32(44)29(42(12)13)18-25(5)51-37/h23-35,37,44-45,47-48H,15-22H2,1-14H3/t23-,24-,25-,26+,27?,28+,29+,30-,31?,32-,33-,34-,35-,37+,38-,39-,40-,41-/m1/s1. The topological polar surface area (TPSA) is 172 Å². The minimum Gasteiger partial charge on any atom is -0.459 e. The van der Waals surface area contributed by atoms with Crippen LogP contribution in [-0.4, -0.2) is 167 Å². The highest BCUT2D eigenvalue weighted by Gasteiger charge is 2.67. The molecule has 4 N–H and O–H groups in total. The molecule has 0 bridgehead atoms. The van der Waals surface area contributed by atoms with Gasteiger partial charge in [-0.15, -0.1) is 0 Å². The van der Waals surface area contributed by atoms with E-state index >= 15 is 0 Å². The van der Waals surface area contributed by atoms with Crippen LogP contribution in [0.25, 0.3) is 0 Å². The summed E-state index contributed by atoms with van der Waals surface area (Å²) in [5.74, 6) is -2.75. The van der Waals surface area contributed by atoms with Crippen LogP contribution in [0, 0.1) is 17.8 Å². The Balaban J connectivity index is 1.84. The van der Waals surface area contributed by atoms with Gasteiger partial charge in [-0.05, 0) is 101 Å². The fourth-order valence-electron chi connectivity index (χ4n) is 9.80. The zero-order valence-electron chi connectivity index (χ0n) is 36.2. The van der Waals surface area contributed by atoms with E-state index in [0.29, 0.717) is 32.5 Å². The van der Waals surface area contributed by atoms with Gasteiger partial charge in [-0.3, -0.25) is 4.79 Å². The van der Waals surface area contributed by atoms with Crippen LogP contribution in [-0.2, 0) is 38.0 Å². The van der Waals surface area contributed by atoms with Crippen LogP contribution >= 0.6 is 0 Å². The third-order valence-electron chi connectivity index (χ3n) is 13.5. The summed E-state index contributed by atoms with van der Waals surface area (Å²) in [7, 11) is 5.45. The molecule has 0 radical (unpaired) electrons. The molecule has 0 aromatic heterocycles. The Morgan fingerprint density at radius 3 is 2.15 bits per heavy atom. The van der Waals surface area contributed by atoms with Crippen molar-refractivity contribution in [2.75, 3.05) is 40.9 Å². The second-order valence-electron chi connectivity index (χ2n) is 18.3. The van der Waals surface area contributed by atoms with Gasteiger partial charge in [-0.2, -0.15) is 0 Å². The summed E-state index contributed by atoms with van der Waals surface area (Å²) in [5, 5.41) is 47.9. The molecule has 322 valence electrons. The van der Waals surface area contributed by atoms with Crippen LogP contribution in [0.1, 0.15) is 108 Å². The number of cyclic esters (lactones) is 1. The number of epoxide rings is 1. The van der Waals surface area contributed by atoms with Gasteiger partial charge in [0.2, 0.25) is 0 Å². The molecule has 0 amide bonds. The van der Waals surface area contributed by atoms with Crippen LogP contribution in [0.4, 0.5) is 0 Å². The van der Waals surface area contributed by atoms with E-state index in [2.05, 4.69) is 11.8 Å². The van der Waals surface area contributed by atoms with Crippen LogP contribution in [0.5, 0.6) is 0 Å². The lowest BCUT2D eigenvalue weighted by Crippen LogP contribution is -2.61. The number of hydrogen-bond acceptors (Lipinski definition) is 14. The molecule has 4 aliphatic heterocycles. The molecular weight excluding hydrogens is 712 g/mol. The summed E-state index contributed by atoms with van der Waals surface area (Å²) in [5.41, 5.74) is -4.70. The Hall–Kier alpha value is -1.01. The second kappa shape index (κ2) is 18.1. The van der Waals surface area contributed by atoms with Gasteiger partial charge >= 0.3 is 5.97 Å². The number of methoxy groups -OCH3 is 1. The number of carbonyl (C=O) groups is 1. The Labute approximate surface area is 330 Å². The Morgan fingerprint density at radius 2 is 1.60 bits per heavy atom. The van der Waals surface area contributed by atoms with Crippen LogP contribution in [0.3, 0.4) is 0 Å². The Bertz CT molecular complexity index is 1250. The van der Waals surface area contributed by atoms with Crippen molar-refractivity contribution < 1.29 is 58.4 Å². The largest absolute Gasteiger partial charge is 0.459 e. The maximum absolute atomic E-state index is 14.4. The zero-order valence-corrected chi connectivity index (χ0v) is 36.2. The minimum atomic E-state index is -1.77. The number of esters is 1.